The summed E-state index contributed by atoms with van der Waals surface area (Å²) < 4.78 is 0. The minimum absolute atomic E-state index is 0. The molecule has 1 N–H and O–H groups in total. The molecule has 0 unspecified atom stereocenters. The Balaban J connectivity index is 0.000000640. The van der Waals surface area contributed by atoms with Crippen LogP contribution in [0.15, 0.2) is 35.3 Å². The number of hydrogen-bond donors (Lipinski definition) is 1. The van der Waals surface area contributed by atoms with Crippen molar-refractivity contribution in [1.29, 1.82) is 0 Å². The smallest absolute Gasteiger partial charge is 0.123 e. The Labute approximate surface area is 106 Å². The average Bonchev–Trinajstić information content (AvgIpc) is 2.66. The highest BCUT2D eigenvalue weighted by molar-refractivity contribution is 5.97. The van der Waals surface area contributed by atoms with E-state index in [0.717, 1.165) is 22.9 Å². The van der Waals surface area contributed by atoms with E-state index in [2.05, 4.69) is 4.99 Å². The number of phenols is 1. The van der Waals surface area contributed by atoms with Crippen LogP contribution in [0.3, 0.4) is 0 Å². The number of phenolic OH excluding ortho intramolecular Hbond substituents is 1. The van der Waals surface area contributed by atoms with Gasteiger partial charge in [0, 0.05) is 18.0 Å². The normalized spacial score (nSPS) is 11.8. The lowest BCUT2D eigenvalue weighted by atomic mass is 10.0. The number of fused-ring (bicyclic) bond motifs is 3. The number of halogens is 2. The zero-order chi connectivity index (χ0) is 9.54. The molecule has 1 aliphatic rings. The van der Waals surface area contributed by atoms with Crippen LogP contribution in [0.5, 0.6) is 5.75 Å². The van der Waals surface area contributed by atoms with Gasteiger partial charge in [-0.05, 0) is 29.1 Å². The number of rotatable bonds is 0. The van der Waals surface area contributed by atoms with Gasteiger partial charge < -0.3 is 5.11 Å². The van der Waals surface area contributed by atoms with Gasteiger partial charge >= 0.3 is 0 Å². The van der Waals surface area contributed by atoms with Crippen LogP contribution < -0.4 is 0 Å². The maximum absolute atomic E-state index is 9.66. The topological polar surface area (TPSA) is 32.6 Å². The molecule has 0 amide bonds. The zero-order valence-electron chi connectivity index (χ0n) is 8.38. The maximum Gasteiger partial charge on any atom is 0.123 e. The van der Waals surface area contributed by atoms with Crippen molar-refractivity contribution in [2.24, 2.45) is 4.99 Å². The first kappa shape index (κ1) is 12.8. The van der Waals surface area contributed by atoms with Gasteiger partial charge in [0.15, 0.2) is 0 Å². The molecular weight excluding hydrogens is 245 g/mol. The molecule has 0 aliphatic carbocycles. The molecule has 2 nitrogen and oxygen atoms in total. The highest BCUT2D eigenvalue weighted by Gasteiger charge is 2.11. The number of aromatic hydroxyl groups is 1. The summed E-state index contributed by atoms with van der Waals surface area (Å²) in [6.07, 6.45) is 2.78. The van der Waals surface area contributed by atoms with Crippen molar-refractivity contribution in [1.82, 2.24) is 0 Å². The second kappa shape index (κ2) is 4.73. The average molecular weight is 256 g/mol. The minimum Gasteiger partial charge on any atom is -0.507 e. The van der Waals surface area contributed by atoms with Crippen LogP contribution >= 0.6 is 24.8 Å². The molecule has 1 heterocycles. The van der Waals surface area contributed by atoms with Crippen molar-refractivity contribution >= 4 is 47.5 Å². The fraction of sp³-hybridized carbons (Fsp3) is 0.0833. The van der Waals surface area contributed by atoms with Gasteiger partial charge in [-0.25, -0.2) is 0 Å². The molecule has 1 aliphatic heterocycles. The first-order valence-corrected chi connectivity index (χ1v) is 4.62. The van der Waals surface area contributed by atoms with Crippen molar-refractivity contribution in [3.8, 4) is 5.75 Å². The van der Waals surface area contributed by atoms with Crippen LogP contribution in [-0.2, 0) is 6.42 Å². The standard InChI is InChI=1S/C12H9NO.2ClH/c14-12-3-1-2-8-9-6-7-13-11(9)5-4-10(8)12;;/h1-5,7,14H,6H2;2*1H. The Morgan fingerprint density at radius 1 is 1.00 bits per heavy atom. The lowest BCUT2D eigenvalue weighted by molar-refractivity contribution is 0.481. The molecule has 0 atom stereocenters. The fourth-order valence-electron chi connectivity index (χ4n) is 1.96. The van der Waals surface area contributed by atoms with E-state index in [1.165, 1.54) is 5.56 Å². The molecule has 0 radical (unpaired) electrons. The first-order chi connectivity index (χ1) is 6.86. The summed E-state index contributed by atoms with van der Waals surface area (Å²) in [5.41, 5.74) is 2.25. The lowest BCUT2D eigenvalue weighted by Gasteiger charge is -2.05. The predicted molar refractivity (Wildman–Crippen MR) is 72.0 cm³/mol. The summed E-state index contributed by atoms with van der Waals surface area (Å²) in [4.78, 5) is 4.27. The maximum atomic E-state index is 9.66. The van der Waals surface area contributed by atoms with E-state index >= 15 is 0 Å². The molecule has 3 rings (SSSR count). The van der Waals surface area contributed by atoms with Crippen molar-refractivity contribution in [2.75, 3.05) is 0 Å². The molecule has 0 spiro atoms. The molecule has 0 aromatic heterocycles. The van der Waals surface area contributed by atoms with E-state index < -0.39 is 0 Å². The van der Waals surface area contributed by atoms with E-state index in [4.69, 9.17) is 0 Å². The zero-order valence-corrected chi connectivity index (χ0v) is 10.0. The SMILES string of the molecule is Cl.Cl.Oc1cccc2c3c(ccc12)N=CC3. The first-order valence-electron chi connectivity index (χ1n) is 4.62. The summed E-state index contributed by atoms with van der Waals surface area (Å²) in [5.74, 6) is 0.345. The van der Waals surface area contributed by atoms with E-state index in [0.29, 0.717) is 5.75 Å². The van der Waals surface area contributed by atoms with Gasteiger partial charge in [0.1, 0.15) is 5.75 Å². The monoisotopic (exact) mass is 255 g/mol. The van der Waals surface area contributed by atoms with Crippen molar-refractivity contribution in [3.63, 3.8) is 0 Å². The van der Waals surface area contributed by atoms with Gasteiger partial charge in [-0.15, -0.1) is 24.8 Å². The molecule has 2 aromatic carbocycles. The summed E-state index contributed by atoms with van der Waals surface area (Å²) in [6.45, 7) is 0. The molecule has 2 aromatic rings. The quantitative estimate of drug-likeness (QED) is 0.766. The summed E-state index contributed by atoms with van der Waals surface area (Å²) >= 11 is 0. The van der Waals surface area contributed by atoms with Gasteiger partial charge in [-0.1, -0.05) is 12.1 Å². The fourth-order valence-corrected chi connectivity index (χ4v) is 1.96. The Morgan fingerprint density at radius 2 is 1.81 bits per heavy atom. The van der Waals surface area contributed by atoms with Crippen LogP contribution in [-0.4, -0.2) is 11.3 Å². The third-order valence-corrected chi connectivity index (χ3v) is 2.65. The van der Waals surface area contributed by atoms with Crippen LogP contribution in [0.2, 0.25) is 0 Å². The van der Waals surface area contributed by atoms with E-state index in [1.807, 2.05) is 30.5 Å². The largest absolute Gasteiger partial charge is 0.507 e. The van der Waals surface area contributed by atoms with Gasteiger partial charge in [-0.3, -0.25) is 4.99 Å². The third kappa shape index (κ3) is 1.75. The third-order valence-electron chi connectivity index (χ3n) is 2.65. The van der Waals surface area contributed by atoms with Gasteiger partial charge in [0.05, 0.1) is 5.69 Å². The Bertz CT molecular complexity index is 552. The predicted octanol–water partition coefficient (Wildman–Crippen LogP) is 3.65. The highest BCUT2D eigenvalue weighted by Crippen LogP contribution is 2.34. The highest BCUT2D eigenvalue weighted by atomic mass is 35.5. The van der Waals surface area contributed by atoms with Crippen LogP contribution in [0.1, 0.15) is 5.56 Å². The number of aliphatic imine (C=N–C) groups is 1. The van der Waals surface area contributed by atoms with Gasteiger partial charge in [-0.2, -0.15) is 0 Å². The molecule has 84 valence electrons. The number of benzene rings is 2. The van der Waals surface area contributed by atoms with Crippen molar-refractivity contribution in [3.05, 3.63) is 35.9 Å². The molecule has 0 saturated carbocycles. The van der Waals surface area contributed by atoms with E-state index in [1.54, 1.807) is 6.07 Å². The second-order valence-electron chi connectivity index (χ2n) is 3.45. The Morgan fingerprint density at radius 3 is 2.62 bits per heavy atom. The minimum atomic E-state index is 0. The molecule has 0 saturated heterocycles. The van der Waals surface area contributed by atoms with Crippen LogP contribution in [0.25, 0.3) is 10.8 Å². The summed E-state index contributed by atoms with van der Waals surface area (Å²) in [5, 5.41) is 11.7. The van der Waals surface area contributed by atoms with Gasteiger partial charge in [0.2, 0.25) is 0 Å². The van der Waals surface area contributed by atoms with Crippen molar-refractivity contribution in [2.45, 2.75) is 6.42 Å². The lowest BCUT2D eigenvalue weighted by Crippen LogP contribution is -1.83. The van der Waals surface area contributed by atoms with Gasteiger partial charge in [0.25, 0.3) is 0 Å². The summed E-state index contributed by atoms with van der Waals surface area (Å²) in [7, 11) is 0. The van der Waals surface area contributed by atoms with Crippen LogP contribution in [0, 0.1) is 0 Å². The van der Waals surface area contributed by atoms with E-state index in [-0.39, 0.29) is 24.8 Å². The Hall–Kier alpha value is -1.25. The number of hydrogen-bond acceptors (Lipinski definition) is 2. The van der Waals surface area contributed by atoms with Crippen molar-refractivity contribution < 1.29 is 5.11 Å². The molecular formula is C12H11Cl2NO. The number of nitrogens with zero attached hydrogens (tertiary/aromatic N) is 1. The molecule has 0 fully saturated rings. The summed E-state index contributed by atoms with van der Waals surface area (Å²) in [6, 6.07) is 9.50. The molecule has 4 heteroatoms. The Kier molecular flexibility index (Phi) is 3.79. The molecule has 0 bridgehead atoms. The van der Waals surface area contributed by atoms with Crippen LogP contribution in [0.4, 0.5) is 5.69 Å². The van der Waals surface area contributed by atoms with E-state index in [9.17, 15) is 5.11 Å². The second-order valence-corrected chi connectivity index (χ2v) is 3.45. The molecule has 16 heavy (non-hydrogen) atoms.